The molecular weight excluding hydrogens is 432 g/mol. The Hall–Kier alpha value is -2.71. The highest BCUT2D eigenvalue weighted by Crippen LogP contribution is 2.26. The van der Waals surface area contributed by atoms with Crippen molar-refractivity contribution in [3.8, 4) is 17.0 Å². The van der Waals surface area contributed by atoms with E-state index in [9.17, 15) is 13.2 Å². The van der Waals surface area contributed by atoms with Gasteiger partial charge in [-0.05, 0) is 49.1 Å². The maximum atomic E-state index is 12.3. The van der Waals surface area contributed by atoms with Gasteiger partial charge in [-0.25, -0.2) is 13.4 Å². The van der Waals surface area contributed by atoms with Gasteiger partial charge in [0.2, 0.25) is 5.91 Å². The monoisotopic (exact) mass is 458 g/mol. The summed E-state index contributed by atoms with van der Waals surface area (Å²) in [6, 6.07) is 17.3. The average Bonchev–Trinajstić information content (AvgIpc) is 3.21. The first-order valence-electron chi connectivity index (χ1n) is 10.2. The second-order valence-electron chi connectivity index (χ2n) is 7.14. The number of carbonyl (C=O) groups is 1. The van der Waals surface area contributed by atoms with Crippen LogP contribution in [0, 0.1) is 0 Å². The minimum absolute atomic E-state index is 0.0229. The Labute approximate surface area is 187 Å². The average molecular weight is 459 g/mol. The minimum atomic E-state index is -3.48. The van der Waals surface area contributed by atoms with Gasteiger partial charge in [0.15, 0.2) is 15.0 Å². The summed E-state index contributed by atoms with van der Waals surface area (Å²) in [6.07, 6.45) is 2.10. The molecule has 0 unspecified atom stereocenters. The van der Waals surface area contributed by atoms with Crippen molar-refractivity contribution in [3.05, 3.63) is 65.5 Å². The van der Waals surface area contributed by atoms with Crippen LogP contribution in [-0.2, 0) is 21.1 Å². The van der Waals surface area contributed by atoms with E-state index in [4.69, 9.17) is 4.74 Å². The topological polar surface area (TPSA) is 85.4 Å². The van der Waals surface area contributed by atoms with Crippen molar-refractivity contribution in [1.29, 1.82) is 0 Å². The third kappa shape index (κ3) is 7.48. The lowest BCUT2D eigenvalue weighted by Crippen LogP contribution is -2.24. The molecule has 0 aliphatic heterocycles. The van der Waals surface area contributed by atoms with Crippen molar-refractivity contribution >= 4 is 32.2 Å². The fourth-order valence-electron chi connectivity index (χ4n) is 2.97. The maximum Gasteiger partial charge on any atom is 0.241 e. The summed E-state index contributed by atoms with van der Waals surface area (Å²) in [5.41, 5.74) is 2.70. The van der Waals surface area contributed by atoms with Crippen LogP contribution in [0.3, 0.4) is 0 Å². The molecule has 0 aliphatic rings. The number of nitrogens with zero attached hydrogens (tertiary/aromatic N) is 1. The lowest BCUT2D eigenvalue weighted by atomic mass is 10.1. The van der Waals surface area contributed by atoms with Gasteiger partial charge < -0.3 is 10.1 Å². The molecule has 2 aromatic carbocycles. The predicted molar refractivity (Wildman–Crippen MR) is 125 cm³/mol. The van der Waals surface area contributed by atoms with Gasteiger partial charge in [-0.15, -0.1) is 11.3 Å². The van der Waals surface area contributed by atoms with E-state index in [-0.39, 0.29) is 5.75 Å². The predicted octanol–water partition coefficient (Wildman–Crippen LogP) is 4.59. The number of aromatic nitrogens is 1. The number of carbonyl (C=O) groups excluding carboxylic acids is 1. The standard InChI is InChI=1S/C23H26N2O4S2/c1-2-14-29-20-12-10-19(11-13-20)21-16-30-23(24-21)25-22(26)17-31(27,28)15-6-9-18-7-4-3-5-8-18/h3-5,7-8,10-13,16H,2,6,9,14-15,17H2,1H3,(H,24,25,26). The fraction of sp³-hybridized carbons (Fsp3) is 0.304. The first kappa shape index (κ1) is 23.0. The van der Waals surface area contributed by atoms with Crippen LogP contribution in [0.1, 0.15) is 25.3 Å². The molecule has 0 saturated carbocycles. The first-order valence-corrected chi connectivity index (χ1v) is 12.9. The zero-order valence-corrected chi connectivity index (χ0v) is 19.0. The van der Waals surface area contributed by atoms with Crippen LogP contribution in [0.5, 0.6) is 5.75 Å². The van der Waals surface area contributed by atoms with Crippen LogP contribution in [0.2, 0.25) is 0 Å². The SMILES string of the molecule is CCCOc1ccc(-c2csc(NC(=O)CS(=O)(=O)CCCc3ccccc3)n2)cc1. The van der Waals surface area contributed by atoms with Crippen molar-refractivity contribution in [3.63, 3.8) is 0 Å². The van der Waals surface area contributed by atoms with E-state index in [1.165, 1.54) is 11.3 Å². The summed E-state index contributed by atoms with van der Waals surface area (Å²) in [5.74, 6) is -0.332. The third-order valence-electron chi connectivity index (χ3n) is 4.49. The van der Waals surface area contributed by atoms with Crippen LogP contribution in [0.25, 0.3) is 11.3 Å². The Bertz CT molecular complexity index is 1080. The maximum absolute atomic E-state index is 12.3. The minimum Gasteiger partial charge on any atom is -0.494 e. The highest BCUT2D eigenvalue weighted by molar-refractivity contribution is 7.92. The number of rotatable bonds is 11. The molecule has 0 spiro atoms. The van der Waals surface area contributed by atoms with Crippen LogP contribution < -0.4 is 10.1 Å². The van der Waals surface area contributed by atoms with E-state index in [0.29, 0.717) is 30.3 Å². The number of aryl methyl sites for hydroxylation is 1. The molecular formula is C23H26N2O4S2. The van der Waals surface area contributed by atoms with E-state index in [1.807, 2.05) is 60.0 Å². The molecule has 0 aliphatic carbocycles. The summed E-state index contributed by atoms with van der Waals surface area (Å²) in [4.78, 5) is 16.6. The number of amides is 1. The van der Waals surface area contributed by atoms with Gasteiger partial charge in [0.1, 0.15) is 11.5 Å². The van der Waals surface area contributed by atoms with Gasteiger partial charge in [0, 0.05) is 10.9 Å². The number of nitrogens with one attached hydrogen (secondary N) is 1. The molecule has 3 aromatic rings. The largest absolute Gasteiger partial charge is 0.494 e. The highest BCUT2D eigenvalue weighted by Gasteiger charge is 2.18. The Morgan fingerprint density at radius 2 is 1.84 bits per heavy atom. The number of hydrogen-bond donors (Lipinski definition) is 1. The molecule has 1 amide bonds. The van der Waals surface area contributed by atoms with Crippen molar-refractivity contribution in [2.45, 2.75) is 26.2 Å². The summed E-state index contributed by atoms with van der Waals surface area (Å²) in [7, 11) is -3.48. The third-order valence-corrected chi connectivity index (χ3v) is 6.86. The highest BCUT2D eigenvalue weighted by atomic mass is 32.2. The van der Waals surface area contributed by atoms with Gasteiger partial charge in [0.25, 0.3) is 0 Å². The molecule has 31 heavy (non-hydrogen) atoms. The molecule has 164 valence electrons. The first-order chi connectivity index (χ1) is 14.9. The molecule has 0 bridgehead atoms. The molecule has 1 aromatic heterocycles. The second-order valence-corrected chi connectivity index (χ2v) is 10.2. The quantitative estimate of drug-likeness (QED) is 0.454. The lowest BCUT2D eigenvalue weighted by molar-refractivity contribution is -0.113. The van der Waals surface area contributed by atoms with E-state index < -0.39 is 21.5 Å². The van der Waals surface area contributed by atoms with Crippen LogP contribution in [-0.4, -0.2) is 37.4 Å². The van der Waals surface area contributed by atoms with Crippen molar-refractivity contribution in [2.24, 2.45) is 0 Å². The molecule has 1 heterocycles. The van der Waals surface area contributed by atoms with Gasteiger partial charge >= 0.3 is 0 Å². The van der Waals surface area contributed by atoms with Crippen LogP contribution in [0.4, 0.5) is 5.13 Å². The molecule has 1 N–H and O–H groups in total. The van der Waals surface area contributed by atoms with Gasteiger partial charge in [0.05, 0.1) is 18.1 Å². The Morgan fingerprint density at radius 3 is 2.55 bits per heavy atom. The summed E-state index contributed by atoms with van der Waals surface area (Å²) in [6.45, 7) is 2.72. The molecule has 0 saturated heterocycles. The zero-order valence-electron chi connectivity index (χ0n) is 17.4. The number of hydrogen-bond acceptors (Lipinski definition) is 6. The molecule has 0 radical (unpaired) electrons. The fourth-order valence-corrected chi connectivity index (χ4v) is 4.91. The second kappa shape index (κ2) is 11.1. The molecule has 0 fully saturated rings. The molecule has 8 heteroatoms. The van der Waals surface area contributed by atoms with E-state index in [1.54, 1.807) is 0 Å². The van der Waals surface area contributed by atoms with Gasteiger partial charge in [-0.2, -0.15) is 0 Å². The number of ether oxygens (including phenoxy) is 1. The number of anilines is 1. The summed E-state index contributed by atoms with van der Waals surface area (Å²) < 4.78 is 30.1. The Kier molecular flexibility index (Phi) is 8.20. The Morgan fingerprint density at radius 1 is 1.10 bits per heavy atom. The lowest BCUT2D eigenvalue weighted by Gasteiger charge is -2.05. The van der Waals surface area contributed by atoms with Gasteiger partial charge in [-0.3, -0.25) is 4.79 Å². The smallest absolute Gasteiger partial charge is 0.241 e. The van der Waals surface area contributed by atoms with E-state index >= 15 is 0 Å². The molecule has 0 atom stereocenters. The molecule has 6 nitrogen and oxygen atoms in total. The van der Waals surface area contributed by atoms with Crippen molar-refractivity contribution < 1.29 is 17.9 Å². The Balaban J connectivity index is 1.49. The van der Waals surface area contributed by atoms with Gasteiger partial charge in [-0.1, -0.05) is 37.3 Å². The number of benzene rings is 2. The zero-order chi connectivity index (χ0) is 22.1. The van der Waals surface area contributed by atoms with E-state index in [2.05, 4.69) is 17.2 Å². The summed E-state index contributed by atoms with van der Waals surface area (Å²) in [5, 5.41) is 4.81. The van der Waals surface area contributed by atoms with Crippen LogP contribution >= 0.6 is 11.3 Å². The van der Waals surface area contributed by atoms with Crippen LogP contribution in [0.15, 0.2) is 60.0 Å². The van der Waals surface area contributed by atoms with Crippen molar-refractivity contribution in [1.82, 2.24) is 4.98 Å². The van der Waals surface area contributed by atoms with E-state index in [0.717, 1.165) is 23.3 Å². The summed E-state index contributed by atoms with van der Waals surface area (Å²) >= 11 is 1.26. The normalized spacial score (nSPS) is 11.3. The number of sulfone groups is 1. The van der Waals surface area contributed by atoms with Crippen molar-refractivity contribution in [2.75, 3.05) is 23.4 Å². The number of thiazole rings is 1. The molecule has 3 rings (SSSR count).